The zero-order chi connectivity index (χ0) is 28.4. The summed E-state index contributed by atoms with van der Waals surface area (Å²) >= 11 is 0. The average Bonchev–Trinajstić information content (AvgIpc) is 2.81. The van der Waals surface area contributed by atoms with Crippen LogP contribution in [0.5, 0.6) is 5.75 Å². The number of aryl methyl sites for hydroxylation is 1. The maximum atomic E-state index is 13.3. The first-order valence-electron chi connectivity index (χ1n) is 12.6. The van der Waals surface area contributed by atoms with Crippen LogP contribution in [-0.4, -0.2) is 35.0 Å². The summed E-state index contributed by atoms with van der Waals surface area (Å²) < 4.78 is 16.8. The number of fused-ring (bicyclic) bond motifs is 2. The second-order valence-electron chi connectivity index (χ2n) is 11.4. The van der Waals surface area contributed by atoms with Gasteiger partial charge < -0.3 is 25.7 Å². The summed E-state index contributed by atoms with van der Waals surface area (Å²) in [6.07, 6.45) is 1.02. The molecular weight excluding hydrogens is 488 g/mol. The molecule has 0 spiro atoms. The van der Waals surface area contributed by atoms with Crippen LogP contribution in [0, 0.1) is 0 Å². The van der Waals surface area contributed by atoms with Crippen LogP contribution in [0.15, 0.2) is 30.3 Å². The third-order valence-electron chi connectivity index (χ3n) is 5.83. The summed E-state index contributed by atoms with van der Waals surface area (Å²) in [5, 5.41) is 0. The van der Waals surface area contributed by atoms with Crippen LogP contribution in [0.4, 0.5) is 5.69 Å². The van der Waals surface area contributed by atoms with E-state index in [1.165, 1.54) is 12.1 Å². The van der Waals surface area contributed by atoms with Gasteiger partial charge in [0, 0.05) is 11.3 Å². The summed E-state index contributed by atoms with van der Waals surface area (Å²) in [6.45, 7) is 10.3. The van der Waals surface area contributed by atoms with Gasteiger partial charge >= 0.3 is 17.9 Å². The summed E-state index contributed by atoms with van der Waals surface area (Å²) in [4.78, 5) is 52.0. The predicted molar refractivity (Wildman–Crippen MR) is 142 cm³/mol. The Morgan fingerprint density at radius 3 is 2.24 bits per heavy atom. The fraction of sp³-hybridized carbons (Fsp3) is 0.448. The van der Waals surface area contributed by atoms with Crippen molar-refractivity contribution in [2.45, 2.75) is 84.3 Å². The Labute approximate surface area is 222 Å². The molecule has 0 saturated heterocycles. The van der Waals surface area contributed by atoms with Crippen molar-refractivity contribution >= 4 is 29.5 Å². The van der Waals surface area contributed by atoms with Gasteiger partial charge in [-0.1, -0.05) is 6.07 Å². The minimum atomic E-state index is -1.17. The highest BCUT2D eigenvalue weighted by Crippen LogP contribution is 2.36. The van der Waals surface area contributed by atoms with Gasteiger partial charge in [0.05, 0.1) is 23.5 Å². The minimum Gasteiger partial charge on any atom is -0.460 e. The number of carbonyl (C=O) groups is 4. The molecule has 1 heterocycles. The lowest BCUT2D eigenvalue weighted by atomic mass is 9.86. The maximum Gasteiger partial charge on any atom is 0.343 e. The van der Waals surface area contributed by atoms with Gasteiger partial charge in [0.1, 0.15) is 17.0 Å². The third-order valence-corrected chi connectivity index (χ3v) is 5.83. The number of rotatable bonds is 5. The Kier molecular flexibility index (Phi) is 8.19. The molecule has 1 atom stereocenters. The molecule has 0 bridgehead atoms. The topological polar surface area (TPSA) is 148 Å². The molecule has 1 amide bonds. The highest BCUT2D eigenvalue weighted by Gasteiger charge is 2.35. The van der Waals surface area contributed by atoms with Crippen LogP contribution in [0.2, 0.25) is 0 Å². The molecule has 0 aliphatic carbocycles. The maximum absolute atomic E-state index is 13.3. The van der Waals surface area contributed by atoms with Crippen molar-refractivity contribution in [3.8, 4) is 5.75 Å². The van der Waals surface area contributed by atoms with E-state index in [0.29, 0.717) is 36.1 Å². The molecule has 3 rings (SSSR count). The summed E-state index contributed by atoms with van der Waals surface area (Å²) in [5.74, 6) is -3.74. The van der Waals surface area contributed by atoms with Gasteiger partial charge in [-0.25, -0.2) is 4.79 Å². The van der Waals surface area contributed by atoms with E-state index in [0.717, 1.165) is 5.56 Å². The van der Waals surface area contributed by atoms with Crippen LogP contribution in [0.3, 0.4) is 0 Å². The molecule has 9 nitrogen and oxygen atoms in total. The number of primary amides is 1. The molecule has 0 unspecified atom stereocenters. The molecule has 0 radical (unpaired) electrons. The molecule has 4 N–H and O–H groups in total. The summed E-state index contributed by atoms with van der Waals surface area (Å²) in [7, 11) is 0. The number of nitrogen functional groups attached to an aromatic ring is 1. The van der Waals surface area contributed by atoms with E-state index in [9.17, 15) is 19.2 Å². The van der Waals surface area contributed by atoms with Gasteiger partial charge in [-0.3, -0.25) is 14.4 Å². The second kappa shape index (κ2) is 10.8. The van der Waals surface area contributed by atoms with E-state index in [-0.39, 0.29) is 23.3 Å². The normalized spacial score (nSPS) is 14.5. The van der Waals surface area contributed by atoms with Crippen molar-refractivity contribution in [1.82, 2.24) is 0 Å². The Morgan fingerprint density at radius 1 is 0.974 bits per heavy atom. The minimum absolute atomic E-state index is 0.0280. The molecule has 38 heavy (non-hydrogen) atoms. The summed E-state index contributed by atoms with van der Waals surface area (Å²) in [6, 6.07) is 7.96. The molecule has 0 fully saturated rings. The van der Waals surface area contributed by atoms with Gasteiger partial charge in [-0.15, -0.1) is 0 Å². The van der Waals surface area contributed by atoms with Crippen LogP contribution in [0.1, 0.15) is 97.7 Å². The number of carbonyl (C=O) groups excluding carboxylic acids is 4. The SMILES string of the molecule is CC(C)(C)OC(=O)C[C@H](C(=O)OC(C)(C)C)c1ccc2c(c1C(N)=O)CCCc1cc(N)ccc1C(=O)O2. The fourth-order valence-electron chi connectivity index (χ4n) is 4.45. The molecule has 2 aromatic rings. The fourth-order valence-corrected chi connectivity index (χ4v) is 4.45. The number of nitrogens with two attached hydrogens (primary N) is 2. The Hall–Kier alpha value is -3.88. The van der Waals surface area contributed by atoms with E-state index >= 15 is 0 Å². The van der Waals surface area contributed by atoms with Gasteiger partial charge in [-0.05, 0) is 96.2 Å². The van der Waals surface area contributed by atoms with E-state index in [2.05, 4.69) is 0 Å². The second-order valence-corrected chi connectivity index (χ2v) is 11.4. The van der Waals surface area contributed by atoms with E-state index in [1.54, 1.807) is 59.7 Å². The number of anilines is 1. The Balaban J connectivity index is 2.11. The number of ether oxygens (including phenoxy) is 3. The molecular formula is C29H36N2O7. The molecule has 9 heteroatoms. The molecule has 204 valence electrons. The first-order chi connectivity index (χ1) is 17.6. The van der Waals surface area contributed by atoms with Gasteiger partial charge in [0.25, 0.3) is 0 Å². The number of hydrogen-bond acceptors (Lipinski definition) is 8. The number of hydrogen-bond donors (Lipinski definition) is 2. The molecule has 0 saturated carbocycles. The predicted octanol–water partition coefficient (Wildman–Crippen LogP) is 4.23. The van der Waals surface area contributed by atoms with Crippen molar-refractivity contribution < 1.29 is 33.4 Å². The van der Waals surface area contributed by atoms with E-state index < -0.39 is 40.9 Å². The van der Waals surface area contributed by atoms with Crippen LogP contribution < -0.4 is 16.2 Å². The number of benzene rings is 2. The zero-order valence-corrected chi connectivity index (χ0v) is 22.8. The lowest BCUT2D eigenvalue weighted by Crippen LogP contribution is -2.32. The molecule has 0 aromatic heterocycles. The van der Waals surface area contributed by atoms with E-state index in [1.807, 2.05) is 0 Å². The van der Waals surface area contributed by atoms with Crippen molar-refractivity contribution in [3.05, 3.63) is 58.1 Å². The Bertz CT molecular complexity index is 1270. The first-order valence-corrected chi connectivity index (χ1v) is 12.6. The largest absolute Gasteiger partial charge is 0.460 e. The monoisotopic (exact) mass is 524 g/mol. The van der Waals surface area contributed by atoms with Crippen molar-refractivity contribution in [3.63, 3.8) is 0 Å². The summed E-state index contributed by atoms with van der Waals surface area (Å²) in [5.41, 5.74) is 12.4. The smallest absolute Gasteiger partial charge is 0.343 e. The van der Waals surface area contributed by atoms with Crippen LogP contribution in [-0.2, 0) is 31.9 Å². The number of esters is 3. The average molecular weight is 525 g/mol. The van der Waals surface area contributed by atoms with Crippen molar-refractivity contribution in [2.75, 3.05) is 5.73 Å². The number of amides is 1. The highest BCUT2D eigenvalue weighted by atomic mass is 16.6. The Morgan fingerprint density at radius 2 is 1.63 bits per heavy atom. The van der Waals surface area contributed by atoms with Gasteiger partial charge in [0.15, 0.2) is 0 Å². The van der Waals surface area contributed by atoms with Crippen molar-refractivity contribution in [1.29, 1.82) is 0 Å². The van der Waals surface area contributed by atoms with Crippen molar-refractivity contribution in [2.24, 2.45) is 5.73 Å². The lowest BCUT2D eigenvalue weighted by molar-refractivity contribution is -0.164. The van der Waals surface area contributed by atoms with E-state index in [4.69, 9.17) is 25.7 Å². The standard InChI is InChI=1S/C29H36N2O7/c1-28(2,3)37-23(32)15-21(27(35)38-29(4,5)6)19-12-13-22-20(24(19)25(31)33)9-7-8-16-14-17(30)10-11-18(16)26(34)36-22/h10-14,21H,7-9,15,30H2,1-6H3,(H2,31,33)/t21-/m0/s1. The van der Waals surface area contributed by atoms with Crippen LogP contribution in [0.25, 0.3) is 0 Å². The molecule has 1 aliphatic rings. The quantitative estimate of drug-likeness (QED) is 0.335. The molecule has 1 aliphatic heterocycles. The molecule has 2 aromatic carbocycles. The highest BCUT2D eigenvalue weighted by molar-refractivity contribution is 6.00. The lowest BCUT2D eigenvalue weighted by Gasteiger charge is -2.27. The zero-order valence-electron chi connectivity index (χ0n) is 22.8. The van der Waals surface area contributed by atoms with Gasteiger partial charge in [-0.2, -0.15) is 0 Å². The van der Waals surface area contributed by atoms with Gasteiger partial charge in [0.2, 0.25) is 5.91 Å². The first kappa shape index (κ1) is 28.7. The third kappa shape index (κ3) is 7.12. The van der Waals surface area contributed by atoms with Crippen LogP contribution >= 0.6 is 0 Å².